The van der Waals surface area contributed by atoms with Crippen molar-refractivity contribution in [2.45, 2.75) is 13.8 Å². The minimum atomic E-state index is -0.306. The van der Waals surface area contributed by atoms with Gasteiger partial charge in [-0.3, -0.25) is 0 Å². The van der Waals surface area contributed by atoms with Crippen LogP contribution in [0.3, 0.4) is 0 Å². The fourth-order valence-electron chi connectivity index (χ4n) is 1.02. The van der Waals surface area contributed by atoms with Crippen molar-refractivity contribution in [3.05, 3.63) is 23.2 Å². The standard InChI is InChI=1S/C10H14N2O2S/c1-4-6-11-10-12-7(3)8(15-10)9(13)14-5-2/h4H,1,5-6H2,2-3H3,(H,11,12). The summed E-state index contributed by atoms with van der Waals surface area (Å²) in [5, 5.41) is 3.75. The van der Waals surface area contributed by atoms with Gasteiger partial charge in [-0.25, -0.2) is 9.78 Å². The number of esters is 1. The predicted molar refractivity (Wildman–Crippen MR) is 61.5 cm³/mol. The first-order valence-corrected chi connectivity index (χ1v) is 5.50. The minimum Gasteiger partial charge on any atom is -0.462 e. The number of hydrogen-bond acceptors (Lipinski definition) is 5. The Morgan fingerprint density at radius 2 is 2.47 bits per heavy atom. The van der Waals surface area contributed by atoms with E-state index in [1.54, 1.807) is 19.9 Å². The zero-order valence-corrected chi connectivity index (χ0v) is 9.69. The Hall–Kier alpha value is -1.36. The number of carbonyl (C=O) groups is 1. The van der Waals surface area contributed by atoms with Crippen LogP contribution in [-0.2, 0) is 4.74 Å². The highest BCUT2D eigenvalue weighted by molar-refractivity contribution is 7.17. The molecule has 0 atom stereocenters. The summed E-state index contributed by atoms with van der Waals surface area (Å²) in [5.41, 5.74) is 0.699. The normalized spacial score (nSPS) is 9.73. The maximum atomic E-state index is 11.5. The van der Waals surface area contributed by atoms with Gasteiger partial charge in [0.05, 0.1) is 12.3 Å². The molecule has 1 heterocycles. The number of rotatable bonds is 5. The summed E-state index contributed by atoms with van der Waals surface area (Å²) in [4.78, 5) is 16.2. The topological polar surface area (TPSA) is 51.2 Å². The molecule has 0 aromatic carbocycles. The highest BCUT2D eigenvalue weighted by Crippen LogP contribution is 2.23. The Balaban J connectivity index is 2.76. The molecular weight excluding hydrogens is 212 g/mol. The Bertz CT molecular complexity index is 360. The van der Waals surface area contributed by atoms with E-state index in [1.165, 1.54) is 11.3 Å². The molecule has 0 saturated heterocycles. The second kappa shape index (κ2) is 5.50. The predicted octanol–water partition coefficient (Wildman–Crippen LogP) is 2.23. The first-order valence-electron chi connectivity index (χ1n) is 4.68. The molecule has 0 bridgehead atoms. The lowest BCUT2D eigenvalue weighted by molar-refractivity contribution is 0.0531. The van der Waals surface area contributed by atoms with Crippen LogP contribution in [0.15, 0.2) is 12.7 Å². The summed E-state index contributed by atoms with van der Waals surface area (Å²) in [6, 6.07) is 0. The maximum absolute atomic E-state index is 11.5. The van der Waals surface area contributed by atoms with Crippen molar-refractivity contribution in [1.29, 1.82) is 0 Å². The van der Waals surface area contributed by atoms with E-state index in [0.29, 0.717) is 23.7 Å². The molecule has 82 valence electrons. The number of aryl methyl sites for hydroxylation is 1. The summed E-state index contributed by atoms with van der Waals surface area (Å²) in [7, 11) is 0. The van der Waals surface area contributed by atoms with Crippen molar-refractivity contribution in [1.82, 2.24) is 4.98 Å². The molecule has 0 aliphatic heterocycles. The molecule has 0 radical (unpaired) electrons. The van der Waals surface area contributed by atoms with Crippen LogP contribution in [0, 0.1) is 6.92 Å². The molecule has 4 nitrogen and oxygen atoms in total. The zero-order chi connectivity index (χ0) is 11.3. The lowest BCUT2D eigenvalue weighted by Gasteiger charge is -1.97. The molecule has 0 unspecified atom stereocenters. The van der Waals surface area contributed by atoms with Crippen LogP contribution in [0.4, 0.5) is 5.13 Å². The van der Waals surface area contributed by atoms with Crippen LogP contribution in [0.5, 0.6) is 0 Å². The lowest BCUT2D eigenvalue weighted by atomic mass is 10.4. The third kappa shape index (κ3) is 3.06. The SMILES string of the molecule is C=CCNc1nc(C)c(C(=O)OCC)s1. The van der Waals surface area contributed by atoms with Crippen molar-refractivity contribution in [3.8, 4) is 0 Å². The van der Waals surface area contributed by atoms with Gasteiger partial charge in [0.1, 0.15) is 4.88 Å². The van der Waals surface area contributed by atoms with Crippen LogP contribution in [0.1, 0.15) is 22.3 Å². The van der Waals surface area contributed by atoms with Crippen LogP contribution >= 0.6 is 11.3 Å². The molecule has 1 rings (SSSR count). The molecule has 0 aliphatic rings. The summed E-state index contributed by atoms with van der Waals surface area (Å²) in [5.74, 6) is -0.306. The number of hydrogen-bond donors (Lipinski definition) is 1. The highest BCUT2D eigenvalue weighted by Gasteiger charge is 2.15. The van der Waals surface area contributed by atoms with Gasteiger partial charge >= 0.3 is 5.97 Å². The number of nitrogens with zero attached hydrogens (tertiary/aromatic N) is 1. The molecule has 0 fully saturated rings. The average molecular weight is 226 g/mol. The number of nitrogens with one attached hydrogen (secondary N) is 1. The van der Waals surface area contributed by atoms with Gasteiger partial charge in [0.2, 0.25) is 0 Å². The number of aromatic nitrogens is 1. The molecule has 15 heavy (non-hydrogen) atoms. The quantitative estimate of drug-likeness (QED) is 0.618. The second-order valence-electron chi connectivity index (χ2n) is 2.82. The van der Waals surface area contributed by atoms with Crippen LogP contribution < -0.4 is 5.32 Å². The summed E-state index contributed by atoms with van der Waals surface area (Å²) in [6.07, 6.45) is 1.74. The van der Waals surface area contributed by atoms with Crippen molar-refractivity contribution in [3.63, 3.8) is 0 Å². The van der Waals surface area contributed by atoms with Crippen molar-refractivity contribution in [2.24, 2.45) is 0 Å². The van der Waals surface area contributed by atoms with Gasteiger partial charge in [-0.1, -0.05) is 17.4 Å². The van der Waals surface area contributed by atoms with E-state index < -0.39 is 0 Å². The second-order valence-corrected chi connectivity index (χ2v) is 3.82. The van der Waals surface area contributed by atoms with E-state index >= 15 is 0 Å². The van der Waals surface area contributed by atoms with E-state index in [-0.39, 0.29) is 5.97 Å². The van der Waals surface area contributed by atoms with Crippen molar-refractivity contribution >= 4 is 22.4 Å². The first-order chi connectivity index (χ1) is 7.19. The summed E-state index contributed by atoms with van der Waals surface area (Å²) >= 11 is 1.30. The van der Waals surface area contributed by atoms with Crippen LogP contribution in [0.2, 0.25) is 0 Å². The van der Waals surface area contributed by atoms with E-state index in [2.05, 4.69) is 16.9 Å². The van der Waals surface area contributed by atoms with Gasteiger partial charge < -0.3 is 10.1 Å². The van der Waals surface area contributed by atoms with Crippen LogP contribution in [0.25, 0.3) is 0 Å². The van der Waals surface area contributed by atoms with Gasteiger partial charge in [-0.15, -0.1) is 6.58 Å². The number of thiazole rings is 1. The molecule has 0 spiro atoms. The fraction of sp³-hybridized carbons (Fsp3) is 0.400. The third-order valence-electron chi connectivity index (χ3n) is 1.66. The molecule has 0 saturated carbocycles. The summed E-state index contributed by atoms with van der Waals surface area (Å²) in [6.45, 7) is 8.18. The molecule has 0 amide bonds. The summed E-state index contributed by atoms with van der Waals surface area (Å²) < 4.78 is 4.91. The van der Waals surface area contributed by atoms with E-state index in [4.69, 9.17) is 4.74 Å². The number of ether oxygens (including phenoxy) is 1. The van der Waals surface area contributed by atoms with Gasteiger partial charge in [0.15, 0.2) is 5.13 Å². The molecule has 0 aliphatic carbocycles. The van der Waals surface area contributed by atoms with Crippen molar-refractivity contribution in [2.75, 3.05) is 18.5 Å². The maximum Gasteiger partial charge on any atom is 0.350 e. The van der Waals surface area contributed by atoms with Gasteiger partial charge in [0, 0.05) is 6.54 Å². The van der Waals surface area contributed by atoms with E-state index in [9.17, 15) is 4.79 Å². The number of carbonyl (C=O) groups excluding carboxylic acids is 1. The van der Waals surface area contributed by atoms with Gasteiger partial charge in [0.25, 0.3) is 0 Å². The monoisotopic (exact) mass is 226 g/mol. The minimum absolute atomic E-state index is 0.306. The third-order valence-corrected chi connectivity index (χ3v) is 2.75. The van der Waals surface area contributed by atoms with Gasteiger partial charge in [-0.05, 0) is 13.8 Å². The smallest absolute Gasteiger partial charge is 0.350 e. The Morgan fingerprint density at radius 3 is 3.07 bits per heavy atom. The van der Waals surface area contributed by atoms with E-state index in [0.717, 1.165) is 5.13 Å². The molecular formula is C10H14N2O2S. The molecule has 1 aromatic heterocycles. The van der Waals surface area contributed by atoms with Gasteiger partial charge in [-0.2, -0.15) is 0 Å². The molecule has 1 aromatic rings. The fourth-order valence-corrected chi connectivity index (χ4v) is 1.88. The largest absolute Gasteiger partial charge is 0.462 e. The van der Waals surface area contributed by atoms with Crippen molar-refractivity contribution < 1.29 is 9.53 Å². The van der Waals surface area contributed by atoms with E-state index in [1.807, 2.05) is 0 Å². The highest BCUT2D eigenvalue weighted by atomic mass is 32.1. The Kier molecular flexibility index (Phi) is 4.30. The van der Waals surface area contributed by atoms with Crippen LogP contribution in [-0.4, -0.2) is 24.1 Å². The first kappa shape index (κ1) is 11.7. The number of anilines is 1. The average Bonchev–Trinajstić information content (AvgIpc) is 2.57. The Morgan fingerprint density at radius 1 is 1.73 bits per heavy atom. The Labute approximate surface area is 93.0 Å². The lowest BCUT2D eigenvalue weighted by Crippen LogP contribution is -2.03. The molecule has 1 N–H and O–H groups in total. The molecule has 5 heteroatoms. The zero-order valence-electron chi connectivity index (χ0n) is 8.87.